The summed E-state index contributed by atoms with van der Waals surface area (Å²) in [5.41, 5.74) is 3.89. The number of likely N-dealkylation sites (N-methyl/N-ethyl adjacent to an activating group) is 1. The van der Waals surface area contributed by atoms with Crippen LogP contribution in [0.15, 0.2) is 35.3 Å². The zero-order valence-corrected chi connectivity index (χ0v) is 17.4. The van der Waals surface area contributed by atoms with E-state index in [0.717, 1.165) is 34.3 Å². The van der Waals surface area contributed by atoms with Gasteiger partial charge in [-0.05, 0) is 70.4 Å². The molecular formula is C23H26N4O3. The Balaban J connectivity index is 1.91. The summed E-state index contributed by atoms with van der Waals surface area (Å²) in [6.45, 7) is 1.43. The standard InChI is InChI=1S/C23H26N4O3/c1-24-9-7-15-21-17(26-23(15)30)11-13(12-19(21)29)22-14(8-10-27(2)3)20-16(25-22)5-4-6-18(20)28/h4-6,11-12,24-25,28-29H,7-10H2,1-3H3. The molecule has 0 fully saturated rings. The summed E-state index contributed by atoms with van der Waals surface area (Å²) in [7, 11) is 5.83. The molecule has 0 spiro atoms. The number of H-pyrrole nitrogens is 1. The highest BCUT2D eigenvalue weighted by atomic mass is 16.3. The molecule has 7 nitrogen and oxygen atoms in total. The third kappa shape index (κ3) is 3.46. The van der Waals surface area contributed by atoms with E-state index in [0.29, 0.717) is 35.5 Å². The van der Waals surface area contributed by atoms with Crippen molar-refractivity contribution in [2.24, 2.45) is 4.99 Å². The number of aromatic hydroxyl groups is 2. The first-order chi connectivity index (χ1) is 14.4. The zero-order chi connectivity index (χ0) is 21.4. The molecule has 0 aliphatic carbocycles. The number of phenolic OH excluding ortho intramolecular Hbond substituents is 2. The van der Waals surface area contributed by atoms with Gasteiger partial charge in [0.1, 0.15) is 11.5 Å². The van der Waals surface area contributed by atoms with Gasteiger partial charge < -0.3 is 25.4 Å². The fourth-order valence-corrected chi connectivity index (χ4v) is 4.05. The lowest BCUT2D eigenvalue weighted by molar-refractivity contribution is -0.112. The molecule has 0 radical (unpaired) electrons. The highest BCUT2D eigenvalue weighted by molar-refractivity contribution is 6.15. The van der Waals surface area contributed by atoms with E-state index in [1.165, 1.54) is 0 Å². The van der Waals surface area contributed by atoms with Crippen molar-refractivity contribution in [3.63, 3.8) is 0 Å². The number of aromatic amines is 1. The Kier molecular flexibility index (Phi) is 5.32. The molecule has 4 rings (SSSR count). The molecule has 1 aliphatic heterocycles. The molecule has 156 valence electrons. The van der Waals surface area contributed by atoms with Gasteiger partial charge in [0.2, 0.25) is 0 Å². The van der Waals surface area contributed by atoms with Gasteiger partial charge in [0.05, 0.1) is 16.3 Å². The predicted molar refractivity (Wildman–Crippen MR) is 117 cm³/mol. The first-order valence-electron chi connectivity index (χ1n) is 10.0. The monoisotopic (exact) mass is 406 g/mol. The molecule has 0 bridgehead atoms. The van der Waals surface area contributed by atoms with Gasteiger partial charge in [-0.15, -0.1) is 0 Å². The van der Waals surface area contributed by atoms with Gasteiger partial charge in [-0.2, -0.15) is 0 Å². The maximum Gasteiger partial charge on any atom is 0.274 e. The van der Waals surface area contributed by atoms with E-state index in [1.807, 2.05) is 33.3 Å². The van der Waals surface area contributed by atoms with Gasteiger partial charge in [0.15, 0.2) is 0 Å². The van der Waals surface area contributed by atoms with Gasteiger partial charge in [-0.3, -0.25) is 4.79 Å². The highest BCUT2D eigenvalue weighted by Crippen LogP contribution is 2.36. The molecule has 1 aliphatic rings. The minimum absolute atomic E-state index is 0.0460. The number of hydrogen-bond donors (Lipinski definition) is 4. The van der Waals surface area contributed by atoms with Crippen molar-refractivity contribution in [1.29, 1.82) is 0 Å². The number of aromatic nitrogens is 1. The second-order valence-electron chi connectivity index (χ2n) is 7.87. The summed E-state index contributed by atoms with van der Waals surface area (Å²) in [6.07, 6.45) is 1.22. The van der Waals surface area contributed by atoms with Crippen molar-refractivity contribution in [1.82, 2.24) is 15.2 Å². The second-order valence-corrected chi connectivity index (χ2v) is 7.87. The van der Waals surface area contributed by atoms with Gasteiger partial charge >= 0.3 is 0 Å². The third-order valence-corrected chi connectivity index (χ3v) is 5.51. The Morgan fingerprint density at radius 3 is 2.67 bits per heavy atom. The van der Waals surface area contributed by atoms with Crippen molar-refractivity contribution < 1.29 is 15.0 Å². The van der Waals surface area contributed by atoms with Crippen molar-refractivity contribution in [2.45, 2.75) is 12.8 Å². The summed E-state index contributed by atoms with van der Waals surface area (Å²) in [5, 5.41) is 26.1. The van der Waals surface area contributed by atoms with E-state index >= 15 is 0 Å². The lowest BCUT2D eigenvalue weighted by Gasteiger charge is -2.11. The van der Waals surface area contributed by atoms with E-state index < -0.39 is 0 Å². The SMILES string of the molecule is CNCCC1=c2c(O)cc(-c3[nH]c4cccc(O)c4c3CCN(C)C)cc2=NC1=O. The van der Waals surface area contributed by atoms with Crippen LogP contribution in [0.3, 0.4) is 0 Å². The van der Waals surface area contributed by atoms with E-state index in [1.54, 1.807) is 18.2 Å². The highest BCUT2D eigenvalue weighted by Gasteiger charge is 2.22. The molecular weight excluding hydrogens is 380 g/mol. The Hall–Kier alpha value is -3.16. The van der Waals surface area contributed by atoms with Gasteiger partial charge in [-0.25, -0.2) is 4.99 Å². The molecule has 4 N–H and O–H groups in total. The second kappa shape index (κ2) is 7.93. The van der Waals surface area contributed by atoms with Gasteiger partial charge in [0, 0.05) is 28.6 Å². The number of nitrogens with zero attached hydrogens (tertiary/aromatic N) is 2. The van der Waals surface area contributed by atoms with Crippen molar-refractivity contribution in [3.05, 3.63) is 46.5 Å². The smallest absolute Gasteiger partial charge is 0.274 e. The maximum atomic E-state index is 12.4. The largest absolute Gasteiger partial charge is 0.507 e. The van der Waals surface area contributed by atoms with Gasteiger partial charge in [0.25, 0.3) is 5.91 Å². The molecule has 1 amide bonds. The van der Waals surface area contributed by atoms with Crippen LogP contribution >= 0.6 is 0 Å². The summed E-state index contributed by atoms with van der Waals surface area (Å²) in [5.74, 6) is -0.0313. The fraction of sp³-hybridized carbons (Fsp3) is 0.304. The number of phenols is 2. The molecule has 7 heteroatoms. The van der Waals surface area contributed by atoms with E-state index in [-0.39, 0.29) is 17.4 Å². The maximum absolute atomic E-state index is 12.4. The normalized spacial score (nSPS) is 13.3. The topological polar surface area (TPSA) is 101 Å². The van der Waals surface area contributed by atoms with Crippen molar-refractivity contribution in [3.8, 4) is 22.8 Å². The quantitative estimate of drug-likeness (QED) is 0.473. The fourth-order valence-electron chi connectivity index (χ4n) is 4.05. The van der Waals surface area contributed by atoms with Crippen LogP contribution < -0.4 is 15.9 Å². The lowest BCUT2D eigenvalue weighted by atomic mass is 10.00. The van der Waals surface area contributed by atoms with Gasteiger partial charge in [-0.1, -0.05) is 6.07 Å². The molecule has 2 heterocycles. The number of nitrogens with one attached hydrogen (secondary N) is 2. The number of carbonyl (C=O) groups excluding carboxylic acids is 1. The molecule has 30 heavy (non-hydrogen) atoms. The van der Waals surface area contributed by atoms with Crippen LogP contribution in [-0.2, 0) is 11.2 Å². The van der Waals surface area contributed by atoms with Crippen LogP contribution in [0.25, 0.3) is 27.7 Å². The molecule has 2 aromatic carbocycles. The average molecular weight is 406 g/mol. The number of fused-ring (bicyclic) bond motifs is 2. The van der Waals surface area contributed by atoms with Crippen LogP contribution in [0.2, 0.25) is 0 Å². The molecule has 0 atom stereocenters. The number of carbonyl (C=O) groups is 1. The first-order valence-corrected chi connectivity index (χ1v) is 10.0. The first kappa shape index (κ1) is 20.1. The predicted octanol–water partition coefficient (Wildman–Crippen LogP) is 1.27. The van der Waals surface area contributed by atoms with Crippen LogP contribution in [0.4, 0.5) is 0 Å². The summed E-state index contributed by atoms with van der Waals surface area (Å²) >= 11 is 0. The summed E-state index contributed by atoms with van der Waals surface area (Å²) in [4.78, 5) is 22.0. The van der Waals surface area contributed by atoms with Crippen molar-refractivity contribution in [2.75, 3.05) is 34.2 Å². The van der Waals surface area contributed by atoms with Crippen LogP contribution in [0.5, 0.6) is 11.5 Å². The third-order valence-electron chi connectivity index (χ3n) is 5.51. The summed E-state index contributed by atoms with van der Waals surface area (Å²) in [6, 6.07) is 8.90. The molecule has 0 unspecified atom stereocenters. The minimum atomic E-state index is -0.296. The molecule has 3 aromatic rings. The molecule has 0 saturated carbocycles. The Morgan fingerprint density at radius 2 is 1.93 bits per heavy atom. The Bertz CT molecular complexity index is 1260. The van der Waals surface area contributed by atoms with Crippen LogP contribution in [0, 0.1) is 0 Å². The summed E-state index contributed by atoms with van der Waals surface area (Å²) < 4.78 is 0. The average Bonchev–Trinajstić information content (AvgIpc) is 3.22. The minimum Gasteiger partial charge on any atom is -0.507 e. The Morgan fingerprint density at radius 1 is 1.13 bits per heavy atom. The van der Waals surface area contributed by atoms with E-state index in [9.17, 15) is 15.0 Å². The van der Waals surface area contributed by atoms with E-state index in [4.69, 9.17) is 0 Å². The zero-order valence-electron chi connectivity index (χ0n) is 17.4. The van der Waals surface area contributed by atoms with Crippen LogP contribution in [0.1, 0.15) is 12.0 Å². The molecule has 0 saturated heterocycles. The lowest BCUT2D eigenvalue weighted by Crippen LogP contribution is -2.25. The molecule has 1 aromatic heterocycles. The number of rotatable bonds is 7. The van der Waals surface area contributed by atoms with Crippen molar-refractivity contribution >= 4 is 22.4 Å². The number of amides is 1. The number of benzene rings is 2. The number of hydrogen-bond acceptors (Lipinski definition) is 5. The van der Waals surface area contributed by atoms with E-state index in [2.05, 4.69) is 20.2 Å². The Labute approximate surface area is 174 Å². The van der Waals surface area contributed by atoms with Crippen LogP contribution in [-0.4, -0.2) is 60.2 Å².